The van der Waals surface area contributed by atoms with E-state index in [1.165, 1.54) is 0 Å². The van der Waals surface area contributed by atoms with Gasteiger partial charge in [0.2, 0.25) is 5.89 Å². The van der Waals surface area contributed by atoms with E-state index in [9.17, 15) is 4.79 Å². The summed E-state index contributed by atoms with van der Waals surface area (Å²) in [7, 11) is 0. The predicted octanol–water partition coefficient (Wildman–Crippen LogP) is 0.0898. The average Bonchev–Trinajstić information content (AvgIpc) is 2.74. The Hall–Kier alpha value is -1.47. The third kappa shape index (κ3) is 6.31. The van der Waals surface area contributed by atoms with E-state index in [4.69, 9.17) is 14.0 Å². The van der Waals surface area contributed by atoms with Gasteiger partial charge in [0.05, 0.1) is 13.2 Å². The van der Waals surface area contributed by atoms with Crippen LogP contribution in [-0.4, -0.2) is 49.0 Å². The topological polar surface area (TPSA) is 86.5 Å². The Morgan fingerprint density at radius 2 is 2.28 bits per heavy atom. The third-order valence-corrected chi connectivity index (χ3v) is 2.03. The number of rotatable bonds is 9. The van der Waals surface area contributed by atoms with Gasteiger partial charge in [0.25, 0.3) is 0 Å². The molecule has 0 amide bonds. The summed E-state index contributed by atoms with van der Waals surface area (Å²) in [4.78, 5) is 15.0. The summed E-state index contributed by atoms with van der Waals surface area (Å²) in [6.45, 7) is 5.77. The molecule has 0 saturated heterocycles. The standard InChI is InChI=1S/C11H19N3O4/c1-3-17-11(15)8-16-7-6-12-5-4-10-13-9(2)14-18-10/h12H,3-8H2,1-2H3. The van der Waals surface area contributed by atoms with E-state index in [-0.39, 0.29) is 12.6 Å². The Labute approximate surface area is 106 Å². The second kappa shape index (κ2) is 8.60. The molecule has 0 aliphatic rings. The molecule has 102 valence electrons. The summed E-state index contributed by atoms with van der Waals surface area (Å²) in [6, 6.07) is 0. The van der Waals surface area contributed by atoms with E-state index in [0.717, 1.165) is 6.54 Å². The van der Waals surface area contributed by atoms with Gasteiger partial charge in [-0.1, -0.05) is 5.16 Å². The summed E-state index contributed by atoms with van der Waals surface area (Å²) in [6.07, 6.45) is 0.679. The van der Waals surface area contributed by atoms with Crippen molar-refractivity contribution >= 4 is 5.97 Å². The van der Waals surface area contributed by atoms with Gasteiger partial charge in [-0.15, -0.1) is 0 Å². The molecule has 0 bridgehead atoms. The van der Waals surface area contributed by atoms with Crippen LogP contribution in [0.4, 0.5) is 0 Å². The first-order chi connectivity index (χ1) is 8.72. The maximum atomic E-state index is 10.9. The van der Waals surface area contributed by atoms with Gasteiger partial charge in [0.15, 0.2) is 5.82 Å². The molecular weight excluding hydrogens is 238 g/mol. The molecule has 0 aliphatic heterocycles. The normalized spacial score (nSPS) is 10.6. The van der Waals surface area contributed by atoms with Gasteiger partial charge < -0.3 is 19.3 Å². The van der Waals surface area contributed by atoms with E-state index < -0.39 is 0 Å². The largest absolute Gasteiger partial charge is 0.464 e. The molecule has 0 radical (unpaired) electrons. The van der Waals surface area contributed by atoms with Crippen molar-refractivity contribution in [1.29, 1.82) is 0 Å². The minimum Gasteiger partial charge on any atom is -0.464 e. The average molecular weight is 257 g/mol. The fraction of sp³-hybridized carbons (Fsp3) is 0.727. The van der Waals surface area contributed by atoms with Crippen LogP contribution in [0, 0.1) is 6.92 Å². The van der Waals surface area contributed by atoms with Gasteiger partial charge in [0.1, 0.15) is 6.61 Å². The number of carbonyl (C=O) groups is 1. The van der Waals surface area contributed by atoms with Crippen LogP contribution in [0.1, 0.15) is 18.6 Å². The van der Waals surface area contributed by atoms with Crippen molar-refractivity contribution in [3.63, 3.8) is 0 Å². The lowest BCUT2D eigenvalue weighted by Crippen LogP contribution is -2.24. The van der Waals surface area contributed by atoms with Crippen LogP contribution in [-0.2, 0) is 20.7 Å². The second-order valence-corrected chi connectivity index (χ2v) is 3.59. The van der Waals surface area contributed by atoms with E-state index in [1.807, 2.05) is 0 Å². The third-order valence-electron chi connectivity index (χ3n) is 2.03. The molecule has 1 N–H and O–H groups in total. The molecule has 0 unspecified atom stereocenters. The lowest BCUT2D eigenvalue weighted by molar-refractivity contribution is -0.148. The van der Waals surface area contributed by atoms with Crippen LogP contribution in [0.2, 0.25) is 0 Å². The molecule has 0 saturated carbocycles. The lowest BCUT2D eigenvalue weighted by atomic mass is 10.4. The predicted molar refractivity (Wildman–Crippen MR) is 63.1 cm³/mol. The van der Waals surface area contributed by atoms with Crippen molar-refractivity contribution in [2.75, 3.05) is 32.9 Å². The SMILES string of the molecule is CCOC(=O)COCCNCCc1nc(C)no1. The zero-order chi connectivity index (χ0) is 13.2. The Balaban J connectivity index is 1.91. The molecular formula is C11H19N3O4. The Bertz CT molecular complexity index is 354. The number of hydrogen-bond acceptors (Lipinski definition) is 7. The van der Waals surface area contributed by atoms with Crippen LogP contribution in [0.15, 0.2) is 4.52 Å². The Kier molecular flexibility index (Phi) is 6.97. The number of esters is 1. The zero-order valence-electron chi connectivity index (χ0n) is 10.8. The van der Waals surface area contributed by atoms with Gasteiger partial charge in [-0.3, -0.25) is 0 Å². The van der Waals surface area contributed by atoms with E-state index in [1.54, 1.807) is 13.8 Å². The first kappa shape index (κ1) is 14.6. The molecule has 0 aliphatic carbocycles. The molecule has 0 aromatic carbocycles. The van der Waals surface area contributed by atoms with Crippen molar-refractivity contribution in [3.8, 4) is 0 Å². The molecule has 18 heavy (non-hydrogen) atoms. The summed E-state index contributed by atoms with van der Waals surface area (Å²) in [5, 5.41) is 6.84. The number of aryl methyl sites for hydroxylation is 1. The summed E-state index contributed by atoms with van der Waals surface area (Å²) < 4.78 is 14.8. The first-order valence-electron chi connectivity index (χ1n) is 5.95. The maximum absolute atomic E-state index is 10.9. The molecule has 0 fully saturated rings. The highest BCUT2D eigenvalue weighted by atomic mass is 16.6. The molecule has 1 heterocycles. The highest BCUT2D eigenvalue weighted by Crippen LogP contribution is 1.95. The van der Waals surface area contributed by atoms with Gasteiger partial charge in [-0.25, -0.2) is 4.79 Å². The van der Waals surface area contributed by atoms with Crippen molar-refractivity contribution in [2.24, 2.45) is 0 Å². The lowest BCUT2D eigenvalue weighted by Gasteiger charge is -2.04. The first-order valence-corrected chi connectivity index (χ1v) is 5.95. The molecule has 1 rings (SSSR count). The maximum Gasteiger partial charge on any atom is 0.332 e. The number of aromatic nitrogens is 2. The van der Waals surface area contributed by atoms with Crippen LogP contribution >= 0.6 is 0 Å². The van der Waals surface area contributed by atoms with Gasteiger partial charge in [0, 0.05) is 19.5 Å². The second-order valence-electron chi connectivity index (χ2n) is 3.59. The summed E-state index contributed by atoms with van der Waals surface area (Å²) >= 11 is 0. The minimum atomic E-state index is -0.334. The molecule has 0 spiro atoms. The smallest absolute Gasteiger partial charge is 0.332 e. The number of ether oxygens (including phenoxy) is 2. The molecule has 7 heteroatoms. The Morgan fingerprint density at radius 1 is 1.44 bits per heavy atom. The molecule has 7 nitrogen and oxygen atoms in total. The number of carbonyl (C=O) groups excluding carboxylic acids is 1. The highest BCUT2D eigenvalue weighted by molar-refractivity contribution is 5.70. The number of nitrogens with zero attached hydrogens (tertiary/aromatic N) is 2. The van der Waals surface area contributed by atoms with Crippen molar-refractivity contribution in [2.45, 2.75) is 20.3 Å². The van der Waals surface area contributed by atoms with E-state index in [0.29, 0.717) is 37.9 Å². The number of nitrogens with one attached hydrogen (secondary N) is 1. The summed E-state index contributed by atoms with van der Waals surface area (Å²) in [5.74, 6) is 0.925. The van der Waals surface area contributed by atoms with Crippen molar-refractivity contribution < 1.29 is 18.8 Å². The minimum absolute atomic E-state index is 0.00161. The fourth-order valence-corrected chi connectivity index (χ4v) is 1.26. The number of hydrogen-bond donors (Lipinski definition) is 1. The van der Waals surface area contributed by atoms with Crippen LogP contribution in [0.5, 0.6) is 0 Å². The van der Waals surface area contributed by atoms with Crippen molar-refractivity contribution in [3.05, 3.63) is 11.7 Å². The molecule has 1 aromatic heterocycles. The van der Waals surface area contributed by atoms with Crippen LogP contribution in [0.3, 0.4) is 0 Å². The van der Waals surface area contributed by atoms with Gasteiger partial charge in [-0.05, 0) is 13.8 Å². The van der Waals surface area contributed by atoms with Crippen molar-refractivity contribution in [1.82, 2.24) is 15.5 Å². The fourth-order valence-electron chi connectivity index (χ4n) is 1.26. The monoisotopic (exact) mass is 257 g/mol. The quantitative estimate of drug-likeness (QED) is 0.495. The van der Waals surface area contributed by atoms with Gasteiger partial charge in [-0.2, -0.15) is 4.98 Å². The van der Waals surface area contributed by atoms with Crippen LogP contribution < -0.4 is 5.32 Å². The molecule has 1 aromatic rings. The Morgan fingerprint density at radius 3 is 2.94 bits per heavy atom. The molecule has 0 atom stereocenters. The zero-order valence-corrected chi connectivity index (χ0v) is 10.8. The van der Waals surface area contributed by atoms with Gasteiger partial charge >= 0.3 is 5.97 Å². The van der Waals surface area contributed by atoms with E-state index in [2.05, 4.69) is 15.5 Å². The van der Waals surface area contributed by atoms with Crippen LogP contribution in [0.25, 0.3) is 0 Å². The van der Waals surface area contributed by atoms with E-state index >= 15 is 0 Å². The highest BCUT2D eigenvalue weighted by Gasteiger charge is 2.02. The summed E-state index contributed by atoms with van der Waals surface area (Å²) in [5.41, 5.74) is 0.